The van der Waals surface area contributed by atoms with E-state index in [0.29, 0.717) is 27.9 Å². The zero-order chi connectivity index (χ0) is 22.0. The van der Waals surface area contributed by atoms with Crippen LogP contribution in [0.2, 0.25) is 5.02 Å². The Morgan fingerprint density at radius 2 is 1.94 bits per heavy atom. The molecule has 0 radical (unpaired) electrons. The number of nitrogens with zero attached hydrogens (tertiary/aromatic N) is 3. The lowest BCUT2D eigenvalue weighted by atomic mass is 9.96. The van der Waals surface area contributed by atoms with Crippen molar-refractivity contribution in [2.45, 2.75) is 0 Å². The number of rotatable bonds is 5. The maximum absolute atomic E-state index is 13.1. The van der Waals surface area contributed by atoms with Gasteiger partial charge < -0.3 is 20.0 Å². The van der Waals surface area contributed by atoms with E-state index in [0.717, 1.165) is 16.7 Å². The van der Waals surface area contributed by atoms with Crippen LogP contribution in [-0.4, -0.2) is 33.4 Å². The van der Waals surface area contributed by atoms with Gasteiger partial charge in [-0.15, -0.1) is 0 Å². The van der Waals surface area contributed by atoms with E-state index in [1.165, 1.54) is 0 Å². The van der Waals surface area contributed by atoms with E-state index >= 15 is 0 Å². The third-order valence-electron chi connectivity index (χ3n) is 4.90. The SMILES string of the molecule is COc1cccc(-c2c[nH]c(C(=O)N=C(N)c3nccn3C)c2-c2ccccc2)c1Cl. The fraction of sp³-hybridized carbons (Fsp3) is 0.0870. The summed E-state index contributed by atoms with van der Waals surface area (Å²) in [6.45, 7) is 0. The predicted molar refractivity (Wildman–Crippen MR) is 121 cm³/mol. The molecule has 0 atom stereocenters. The van der Waals surface area contributed by atoms with Gasteiger partial charge in [0.25, 0.3) is 5.91 Å². The Labute approximate surface area is 184 Å². The van der Waals surface area contributed by atoms with Crippen molar-refractivity contribution in [2.75, 3.05) is 7.11 Å². The molecule has 4 aromatic rings. The highest BCUT2D eigenvalue weighted by molar-refractivity contribution is 6.35. The summed E-state index contributed by atoms with van der Waals surface area (Å²) in [7, 11) is 3.34. The first-order chi connectivity index (χ1) is 15.0. The number of ether oxygens (including phenoxy) is 1. The first-order valence-corrected chi connectivity index (χ1v) is 9.85. The second kappa shape index (κ2) is 8.49. The zero-order valence-electron chi connectivity index (χ0n) is 17.0. The van der Waals surface area contributed by atoms with Crippen LogP contribution < -0.4 is 10.5 Å². The Morgan fingerprint density at radius 1 is 1.16 bits per heavy atom. The molecule has 2 aromatic carbocycles. The number of nitrogens with one attached hydrogen (secondary N) is 1. The van der Waals surface area contributed by atoms with Gasteiger partial charge >= 0.3 is 0 Å². The summed E-state index contributed by atoms with van der Waals surface area (Å²) in [4.78, 5) is 24.4. The quantitative estimate of drug-likeness (QED) is 0.362. The van der Waals surface area contributed by atoms with Gasteiger partial charge in [0.2, 0.25) is 0 Å². The number of methoxy groups -OCH3 is 1. The van der Waals surface area contributed by atoms with E-state index in [1.807, 2.05) is 42.5 Å². The van der Waals surface area contributed by atoms with E-state index in [-0.39, 0.29) is 5.84 Å². The minimum atomic E-state index is -0.510. The minimum absolute atomic E-state index is 0.0343. The van der Waals surface area contributed by atoms with E-state index in [2.05, 4.69) is 15.0 Å². The number of benzene rings is 2. The summed E-state index contributed by atoms with van der Waals surface area (Å²) in [5, 5.41) is 0.455. The molecule has 31 heavy (non-hydrogen) atoms. The molecular formula is C23H20ClN5O2. The zero-order valence-corrected chi connectivity index (χ0v) is 17.7. The maximum Gasteiger partial charge on any atom is 0.296 e. The van der Waals surface area contributed by atoms with E-state index < -0.39 is 5.91 Å². The van der Waals surface area contributed by atoms with Crippen molar-refractivity contribution in [1.82, 2.24) is 14.5 Å². The second-order valence-corrected chi connectivity index (χ2v) is 7.18. The lowest BCUT2D eigenvalue weighted by Gasteiger charge is -2.11. The molecule has 156 valence electrons. The Hall–Kier alpha value is -3.84. The lowest BCUT2D eigenvalue weighted by molar-refractivity contribution is 0.0999. The Kier molecular flexibility index (Phi) is 5.60. The normalized spacial score (nSPS) is 11.5. The van der Waals surface area contributed by atoms with Crippen LogP contribution >= 0.6 is 11.6 Å². The summed E-state index contributed by atoms with van der Waals surface area (Å²) in [6.07, 6.45) is 5.06. The summed E-state index contributed by atoms with van der Waals surface area (Å²) in [5.41, 5.74) is 9.35. The van der Waals surface area contributed by atoms with Crippen LogP contribution in [0, 0.1) is 0 Å². The van der Waals surface area contributed by atoms with E-state index in [9.17, 15) is 4.79 Å². The average molecular weight is 434 g/mol. The molecular weight excluding hydrogens is 414 g/mol. The molecule has 3 N–H and O–H groups in total. The molecule has 8 heteroatoms. The molecule has 0 aliphatic heterocycles. The number of amides is 1. The number of H-pyrrole nitrogens is 1. The van der Waals surface area contributed by atoms with E-state index in [4.69, 9.17) is 22.1 Å². The van der Waals surface area contributed by atoms with Crippen molar-refractivity contribution >= 4 is 23.3 Å². The third kappa shape index (κ3) is 3.83. The Bertz CT molecular complexity index is 1270. The maximum atomic E-state index is 13.1. The number of hydrogen-bond donors (Lipinski definition) is 2. The highest BCUT2D eigenvalue weighted by atomic mass is 35.5. The van der Waals surface area contributed by atoms with Gasteiger partial charge in [-0.1, -0.05) is 54.1 Å². The molecule has 0 unspecified atom stereocenters. The number of aliphatic imine (C=N–C) groups is 1. The molecule has 0 aliphatic carbocycles. The average Bonchev–Trinajstić information content (AvgIpc) is 3.41. The molecule has 0 spiro atoms. The number of carbonyl (C=O) groups excluding carboxylic acids is 1. The summed E-state index contributed by atoms with van der Waals surface area (Å²) >= 11 is 6.58. The fourth-order valence-electron chi connectivity index (χ4n) is 3.41. The molecule has 2 heterocycles. The summed E-state index contributed by atoms with van der Waals surface area (Å²) in [6, 6.07) is 15.1. The van der Waals surface area contributed by atoms with Gasteiger partial charge in [0.05, 0.1) is 12.1 Å². The van der Waals surface area contributed by atoms with Gasteiger partial charge in [-0.25, -0.2) is 4.98 Å². The van der Waals surface area contributed by atoms with Crippen LogP contribution in [0.4, 0.5) is 0 Å². The number of aryl methyl sites for hydroxylation is 1. The number of carbonyl (C=O) groups is 1. The predicted octanol–water partition coefficient (Wildman–Crippen LogP) is 4.29. The third-order valence-corrected chi connectivity index (χ3v) is 5.29. The highest BCUT2D eigenvalue weighted by Gasteiger charge is 2.22. The number of halogens is 1. The molecule has 0 aliphatic rings. The number of amidine groups is 1. The van der Waals surface area contributed by atoms with Crippen molar-refractivity contribution in [2.24, 2.45) is 17.8 Å². The number of aromatic amines is 1. The summed E-state index contributed by atoms with van der Waals surface area (Å²) < 4.78 is 7.05. The van der Waals surface area contributed by atoms with Crippen molar-refractivity contribution < 1.29 is 9.53 Å². The second-order valence-electron chi connectivity index (χ2n) is 6.80. The fourth-order valence-corrected chi connectivity index (χ4v) is 3.72. The van der Waals surface area contributed by atoms with Crippen LogP contribution in [0.5, 0.6) is 5.75 Å². The molecule has 0 bridgehead atoms. The first-order valence-electron chi connectivity index (χ1n) is 9.47. The molecule has 0 fully saturated rings. The molecule has 4 rings (SSSR count). The number of aromatic nitrogens is 3. The van der Waals surface area contributed by atoms with Crippen LogP contribution in [0.1, 0.15) is 16.3 Å². The van der Waals surface area contributed by atoms with Crippen molar-refractivity contribution in [3.63, 3.8) is 0 Å². The van der Waals surface area contributed by atoms with Gasteiger partial charge in [-0.2, -0.15) is 4.99 Å². The minimum Gasteiger partial charge on any atom is -0.495 e. The van der Waals surface area contributed by atoms with Gasteiger partial charge in [-0.05, 0) is 11.6 Å². The topological polar surface area (TPSA) is 98.3 Å². The number of nitrogens with two attached hydrogens (primary N) is 1. The number of hydrogen-bond acceptors (Lipinski definition) is 3. The Morgan fingerprint density at radius 3 is 2.61 bits per heavy atom. The molecule has 1 amide bonds. The molecule has 0 saturated heterocycles. The lowest BCUT2D eigenvalue weighted by Crippen LogP contribution is -2.20. The van der Waals surface area contributed by atoms with Crippen LogP contribution in [0.3, 0.4) is 0 Å². The summed E-state index contributed by atoms with van der Waals surface area (Å²) in [5.74, 6) is 0.484. The monoisotopic (exact) mass is 433 g/mol. The van der Waals surface area contributed by atoms with Crippen LogP contribution in [0.15, 0.2) is 72.1 Å². The van der Waals surface area contributed by atoms with Crippen molar-refractivity contribution in [3.8, 4) is 28.0 Å². The molecule has 0 saturated carbocycles. The van der Waals surface area contributed by atoms with Gasteiger partial charge in [0.15, 0.2) is 11.7 Å². The van der Waals surface area contributed by atoms with Crippen LogP contribution in [-0.2, 0) is 7.05 Å². The Balaban J connectivity index is 1.87. The number of imidazole rings is 1. The standard InChI is InChI=1S/C23H20ClN5O2/c1-29-12-11-26-22(29)21(25)28-23(30)20-18(14-7-4-3-5-8-14)16(13-27-20)15-9-6-10-17(31-2)19(15)24/h3-13,27H,1-2H3,(H2,25,28,30). The highest BCUT2D eigenvalue weighted by Crippen LogP contribution is 2.41. The van der Waals surface area contributed by atoms with Gasteiger partial charge in [-0.3, -0.25) is 4.79 Å². The smallest absolute Gasteiger partial charge is 0.296 e. The van der Waals surface area contributed by atoms with Crippen LogP contribution in [0.25, 0.3) is 22.3 Å². The van der Waals surface area contributed by atoms with Crippen molar-refractivity contribution in [1.29, 1.82) is 0 Å². The van der Waals surface area contributed by atoms with Gasteiger partial charge in [0.1, 0.15) is 11.4 Å². The first kappa shape index (κ1) is 20.4. The van der Waals surface area contributed by atoms with E-state index in [1.54, 1.807) is 43.4 Å². The molecule has 2 aromatic heterocycles. The molecule has 7 nitrogen and oxygen atoms in total. The largest absolute Gasteiger partial charge is 0.495 e. The van der Waals surface area contributed by atoms with Gasteiger partial charge in [0, 0.05) is 42.3 Å². The van der Waals surface area contributed by atoms with Crippen molar-refractivity contribution in [3.05, 3.63) is 83.7 Å².